The number of thioether (sulfide) groups is 1. The van der Waals surface area contributed by atoms with Crippen LogP contribution in [0.2, 0.25) is 5.02 Å². The van der Waals surface area contributed by atoms with Crippen LogP contribution in [0.3, 0.4) is 0 Å². The Kier molecular flexibility index (Phi) is 3.24. The lowest BCUT2D eigenvalue weighted by molar-refractivity contribution is 0.181. The summed E-state index contributed by atoms with van der Waals surface area (Å²) in [5.74, 6) is 0. The summed E-state index contributed by atoms with van der Waals surface area (Å²) in [5.41, 5.74) is -0.615. The second-order valence-corrected chi connectivity index (χ2v) is 3.95. The summed E-state index contributed by atoms with van der Waals surface area (Å²) in [5, 5.41) is 11.4. The third-order valence-electron chi connectivity index (χ3n) is 1.12. The van der Waals surface area contributed by atoms with Crippen molar-refractivity contribution in [1.82, 2.24) is 0 Å². The first-order valence-electron chi connectivity index (χ1n) is 3.26. The molecule has 0 spiro atoms. The maximum absolute atomic E-state index is 10.7. The van der Waals surface area contributed by atoms with Gasteiger partial charge >= 0.3 is 0 Å². The van der Waals surface area contributed by atoms with E-state index in [2.05, 4.69) is 0 Å². The van der Waals surface area contributed by atoms with E-state index in [1.165, 1.54) is 11.8 Å². The van der Waals surface area contributed by atoms with Gasteiger partial charge < -0.3 is 0 Å². The molecular formula is C8H8ClOS. The van der Waals surface area contributed by atoms with Crippen LogP contribution in [0.25, 0.3) is 0 Å². The fourth-order valence-electron chi connectivity index (χ4n) is 0.705. The molecule has 0 saturated heterocycles. The van der Waals surface area contributed by atoms with Crippen molar-refractivity contribution in [2.75, 3.05) is 0 Å². The van der Waals surface area contributed by atoms with Gasteiger partial charge in [-0.15, -0.1) is 0 Å². The second-order valence-electron chi connectivity index (χ2n) is 2.14. The molecule has 0 aliphatic carbocycles. The van der Waals surface area contributed by atoms with Gasteiger partial charge in [-0.3, -0.25) is 0 Å². The molecule has 0 amide bonds. The molecule has 1 aromatic rings. The van der Waals surface area contributed by atoms with E-state index in [-0.39, 0.29) is 0 Å². The molecule has 1 aromatic carbocycles. The molecule has 1 radical (unpaired) electrons. The zero-order valence-corrected chi connectivity index (χ0v) is 7.65. The van der Waals surface area contributed by atoms with Crippen LogP contribution in [0.4, 0.5) is 0 Å². The molecular weight excluding hydrogens is 180 g/mol. The van der Waals surface area contributed by atoms with E-state index in [1.54, 1.807) is 19.1 Å². The molecule has 1 rings (SSSR count). The van der Waals surface area contributed by atoms with Crippen LogP contribution in [0.15, 0.2) is 29.2 Å². The van der Waals surface area contributed by atoms with Gasteiger partial charge in [0.2, 0.25) is 0 Å². The van der Waals surface area contributed by atoms with Gasteiger partial charge in [0.1, 0.15) is 5.44 Å². The van der Waals surface area contributed by atoms with Crippen LogP contribution in [-0.4, -0.2) is 5.44 Å². The highest BCUT2D eigenvalue weighted by Gasteiger charge is 1.99. The summed E-state index contributed by atoms with van der Waals surface area (Å²) in [6.07, 6.45) is 0. The predicted molar refractivity (Wildman–Crippen MR) is 47.5 cm³/mol. The Bertz CT molecular complexity index is 220. The van der Waals surface area contributed by atoms with Gasteiger partial charge in [0.25, 0.3) is 0 Å². The van der Waals surface area contributed by atoms with Gasteiger partial charge in [-0.05, 0) is 31.2 Å². The van der Waals surface area contributed by atoms with Gasteiger partial charge in [-0.1, -0.05) is 23.4 Å². The first-order chi connectivity index (χ1) is 5.18. The average molecular weight is 188 g/mol. The largest absolute Gasteiger partial charge is 0.221 e. The van der Waals surface area contributed by atoms with Crippen molar-refractivity contribution in [2.24, 2.45) is 0 Å². The average Bonchev–Trinajstić information content (AvgIpc) is 1.93. The SMILES string of the molecule is CC([O])Sc1ccc(Cl)cc1. The first kappa shape index (κ1) is 8.91. The third kappa shape index (κ3) is 3.14. The molecule has 0 N–H and O–H groups in total. The molecule has 0 aliphatic rings. The van der Waals surface area contributed by atoms with Crippen LogP contribution in [0.5, 0.6) is 0 Å². The number of hydrogen-bond donors (Lipinski definition) is 0. The Morgan fingerprint density at radius 1 is 1.36 bits per heavy atom. The van der Waals surface area contributed by atoms with Crippen molar-refractivity contribution in [3.63, 3.8) is 0 Å². The van der Waals surface area contributed by atoms with Gasteiger partial charge in [0.15, 0.2) is 0 Å². The summed E-state index contributed by atoms with van der Waals surface area (Å²) in [7, 11) is 0. The lowest BCUT2D eigenvalue weighted by atomic mass is 10.4. The molecule has 1 nitrogen and oxygen atoms in total. The Hall–Kier alpha value is -0.180. The number of halogens is 1. The topological polar surface area (TPSA) is 19.9 Å². The maximum atomic E-state index is 10.7. The summed E-state index contributed by atoms with van der Waals surface area (Å²) in [6, 6.07) is 7.27. The molecule has 0 saturated carbocycles. The van der Waals surface area contributed by atoms with E-state index in [1.807, 2.05) is 12.1 Å². The lowest BCUT2D eigenvalue weighted by Gasteiger charge is -2.00. The predicted octanol–water partition coefficient (Wildman–Crippen LogP) is 3.21. The van der Waals surface area contributed by atoms with Gasteiger partial charge in [0, 0.05) is 9.92 Å². The van der Waals surface area contributed by atoms with E-state index in [4.69, 9.17) is 11.6 Å². The van der Waals surface area contributed by atoms with Crippen LogP contribution in [0, 0.1) is 0 Å². The standard InChI is InChI=1S/C8H8ClOS/c1-6(10)11-8-4-2-7(9)3-5-8/h2-6H,1H3. The van der Waals surface area contributed by atoms with E-state index < -0.39 is 5.44 Å². The second kappa shape index (κ2) is 4.00. The molecule has 0 aliphatic heterocycles. The molecule has 0 bridgehead atoms. The van der Waals surface area contributed by atoms with E-state index in [0.717, 1.165) is 4.90 Å². The molecule has 59 valence electrons. The smallest absolute Gasteiger partial charge is 0.140 e. The molecule has 11 heavy (non-hydrogen) atoms. The van der Waals surface area contributed by atoms with Crippen molar-refractivity contribution in [3.05, 3.63) is 29.3 Å². The van der Waals surface area contributed by atoms with Crippen molar-refractivity contribution < 1.29 is 5.11 Å². The van der Waals surface area contributed by atoms with E-state index >= 15 is 0 Å². The summed E-state index contributed by atoms with van der Waals surface area (Å²) < 4.78 is 0. The maximum Gasteiger partial charge on any atom is 0.140 e. The zero-order chi connectivity index (χ0) is 8.27. The normalized spacial score (nSPS) is 13.0. The molecule has 0 aromatic heterocycles. The molecule has 0 heterocycles. The van der Waals surface area contributed by atoms with Crippen LogP contribution >= 0.6 is 23.4 Å². The van der Waals surface area contributed by atoms with E-state index in [0.29, 0.717) is 5.02 Å². The fraction of sp³-hybridized carbons (Fsp3) is 0.250. The highest BCUT2D eigenvalue weighted by molar-refractivity contribution is 7.99. The Morgan fingerprint density at radius 3 is 2.36 bits per heavy atom. The van der Waals surface area contributed by atoms with Gasteiger partial charge in [-0.2, -0.15) is 0 Å². The van der Waals surface area contributed by atoms with E-state index in [9.17, 15) is 5.11 Å². The Balaban J connectivity index is 2.66. The van der Waals surface area contributed by atoms with Crippen LogP contribution in [0.1, 0.15) is 6.92 Å². The number of benzene rings is 1. The minimum Gasteiger partial charge on any atom is -0.221 e. The van der Waals surface area contributed by atoms with Crippen LogP contribution < -0.4 is 0 Å². The molecule has 3 heteroatoms. The van der Waals surface area contributed by atoms with Crippen molar-refractivity contribution in [3.8, 4) is 0 Å². The van der Waals surface area contributed by atoms with Crippen molar-refractivity contribution >= 4 is 23.4 Å². The Labute approximate surface area is 75.4 Å². The third-order valence-corrected chi connectivity index (χ3v) is 2.24. The zero-order valence-electron chi connectivity index (χ0n) is 6.08. The van der Waals surface area contributed by atoms with Gasteiger partial charge in [0.05, 0.1) is 0 Å². The number of rotatable bonds is 2. The molecule has 0 fully saturated rings. The van der Waals surface area contributed by atoms with Gasteiger partial charge in [-0.25, -0.2) is 5.11 Å². The lowest BCUT2D eigenvalue weighted by Crippen LogP contribution is -1.87. The highest BCUT2D eigenvalue weighted by atomic mass is 35.5. The first-order valence-corrected chi connectivity index (χ1v) is 4.52. The monoisotopic (exact) mass is 187 g/mol. The molecule has 1 atom stereocenters. The van der Waals surface area contributed by atoms with Crippen molar-refractivity contribution in [1.29, 1.82) is 0 Å². The quantitative estimate of drug-likeness (QED) is 0.514. The Morgan fingerprint density at radius 2 is 1.91 bits per heavy atom. The number of hydrogen-bond acceptors (Lipinski definition) is 1. The minimum atomic E-state index is -0.615. The van der Waals surface area contributed by atoms with Crippen molar-refractivity contribution in [2.45, 2.75) is 17.3 Å². The molecule has 1 unspecified atom stereocenters. The fourth-order valence-corrected chi connectivity index (χ4v) is 1.51. The minimum absolute atomic E-state index is 0.615. The summed E-state index contributed by atoms with van der Waals surface area (Å²) >= 11 is 6.95. The summed E-state index contributed by atoms with van der Waals surface area (Å²) in [6.45, 7) is 1.62. The van der Waals surface area contributed by atoms with Crippen LogP contribution in [-0.2, 0) is 5.11 Å². The summed E-state index contributed by atoms with van der Waals surface area (Å²) in [4.78, 5) is 0.969. The highest BCUT2D eigenvalue weighted by Crippen LogP contribution is 2.23.